The molecular formula is C15H18N2. The van der Waals surface area contributed by atoms with E-state index in [2.05, 4.69) is 54.5 Å². The van der Waals surface area contributed by atoms with Gasteiger partial charge in [0.15, 0.2) is 0 Å². The molecule has 2 rings (SSSR count). The first-order valence-electron chi connectivity index (χ1n) is 5.90. The molecule has 88 valence electrons. The van der Waals surface area contributed by atoms with Gasteiger partial charge in [-0.1, -0.05) is 24.3 Å². The van der Waals surface area contributed by atoms with Crippen molar-refractivity contribution in [3.05, 3.63) is 53.9 Å². The summed E-state index contributed by atoms with van der Waals surface area (Å²) in [5.74, 6) is 0. The number of nitrogens with one attached hydrogen (secondary N) is 1. The van der Waals surface area contributed by atoms with Gasteiger partial charge in [-0.2, -0.15) is 0 Å². The molecule has 0 spiro atoms. The van der Waals surface area contributed by atoms with Crippen molar-refractivity contribution in [2.75, 3.05) is 7.05 Å². The van der Waals surface area contributed by atoms with Crippen molar-refractivity contribution >= 4 is 0 Å². The highest BCUT2D eigenvalue weighted by Crippen LogP contribution is 2.27. The van der Waals surface area contributed by atoms with Crippen LogP contribution in [0.5, 0.6) is 0 Å². The molecule has 0 amide bonds. The molecule has 0 saturated carbocycles. The summed E-state index contributed by atoms with van der Waals surface area (Å²) in [7, 11) is 1.98. The third kappa shape index (κ3) is 2.53. The van der Waals surface area contributed by atoms with Crippen molar-refractivity contribution < 1.29 is 0 Å². The highest BCUT2D eigenvalue weighted by Gasteiger charge is 2.09. The molecule has 1 aromatic carbocycles. The van der Waals surface area contributed by atoms with Crippen LogP contribution in [0.4, 0.5) is 0 Å². The van der Waals surface area contributed by atoms with Gasteiger partial charge < -0.3 is 5.32 Å². The molecule has 1 atom stereocenters. The summed E-state index contributed by atoms with van der Waals surface area (Å²) in [5.41, 5.74) is 4.94. The van der Waals surface area contributed by atoms with Crippen molar-refractivity contribution in [3.63, 3.8) is 0 Å². The normalized spacial score (nSPS) is 12.4. The van der Waals surface area contributed by atoms with Gasteiger partial charge in [0.05, 0.1) is 0 Å². The van der Waals surface area contributed by atoms with Crippen molar-refractivity contribution in [2.24, 2.45) is 0 Å². The van der Waals surface area contributed by atoms with Crippen LogP contribution in [0.2, 0.25) is 0 Å². The third-order valence-corrected chi connectivity index (χ3v) is 3.05. The Morgan fingerprint density at radius 2 is 1.94 bits per heavy atom. The van der Waals surface area contributed by atoms with Crippen molar-refractivity contribution in [1.29, 1.82) is 0 Å². The van der Waals surface area contributed by atoms with Crippen LogP contribution in [0, 0.1) is 6.92 Å². The number of nitrogens with zero attached hydrogens (tertiary/aromatic N) is 1. The average Bonchev–Trinajstić information content (AvgIpc) is 2.38. The number of hydrogen-bond donors (Lipinski definition) is 1. The van der Waals surface area contributed by atoms with Crippen LogP contribution in [-0.2, 0) is 0 Å². The first-order chi connectivity index (χ1) is 8.22. The molecule has 0 aliphatic rings. The number of aryl methyl sites for hydroxylation is 1. The first-order valence-corrected chi connectivity index (χ1v) is 5.90. The monoisotopic (exact) mass is 226 g/mol. The first kappa shape index (κ1) is 11.8. The summed E-state index contributed by atoms with van der Waals surface area (Å²) in [4.78, 5) is 4.27. The van der Waals surface area contributed by atoms with Gasteiger partial charge in [0.25, 0.3) is 0 Å². The third-order valence-electron chi connectivity index (χ3n) is 3.05. The molecule has 1 N–H and O–H groups in total. The fraction of sp³-hybridized carbons (Fsp3) is 0.267. The van der Waals surface area contributed by atoms with Crippen LogP contribution >= 0.6 is 0 Å². The van der Waals surface area contributed by atoms with E-state index in [1.165, 1.54) is 22.3 Å². The lowest BCUT2D eigenvalue weighted by atomic mass is 9.96. The smallest absolute Gasteiger partial charge is 0.0346 e. The molecule has 1 heterocycles. The lowest BCUT2D eigenvalue weighted by Crippen LogP contribution is -2.13. The Hall–Kier alpha value is -1.67. The highest BCUT2D eigenvalue weighted by atomic mass is 14.9. The van der Waals surface area contributed by atoms with Gasteiger partial charge in [-0.05, 0) is 43.7 Å². The number of aromatic nitrogens is 1. The zero-order valence-corrected chi connectivity index (χ0v) is 10.6. The molecule has 2 aromatic rings. The van der Waals surface area contributed by atoms with Gasteiger partial charge in [0, 0.05) is 24.0 Å². The van der Waals surface area contributed by atoms with Gasteiger partial charge in [0.1, 0.15) is 0 Å². The van der Waals surface area contributed by atoms with Crippen LogP contribution in [0.3, 0.4) is 0 Å². The topological polar surface area (TPSA) is 24.9 Å². The second-order valence-corrected chi connectivity index (χ2v) is 4.35. The Morgan fingerprint density at radius 1 is 1.18 bits per heavy atom. The van der Waals surface area contributed by atoms with Crippen molar-refractivity contribution in [2.45, 2.75) is 19.9 Å². The Labute approximate surface area is 103 Å². The Balaban J connectivity index is 2.52. The molecule has 17 heavy (non-hydrogen) atoms. The van der Waals surface area contributed by atoms with E-state index in [0.29, 0.717) is 6.04 Å². The molecule has 0 bridgehead atoms. The number of pyridine rings is 1. The van der Waals surface area contributed by atoms with Crippen molar-refractivity contribution in [3.8, 4) is 11.1 Å². The van der Waals surface area contributed by atoms with E-state index in [1.54, 1.807) is 0 Å². The van der Waals surface area contributed by atoms with Gasteiger partial charge in [-0.15, -0.1) is 0 Å². The SMILES string of the molecule is CNC(C)c1ccccc1-c1cncc(C)c1. The molecule has 2 nitrogen and oxygen atoms in total. The molecule has 1 unspecified atom stereocenters. The van der Waals surface area contributed by atoms with E-state index >= 15 is 0 Å². The van der Waals surface area contributed by atoms with E-state index in [-0.39, 0.29) is 0 Å². The molecular weight excluding hydrogens is 208 g/mol. The molecule has 0 saturated heterocycles. The maximum absolute atomic E-state index is 4.27. The second kappa shape index (κ2) is 5.11. The molecule has 2 heteroatoms. The zero-order valence-electron chi connectivity index (χ0n) is 10.6. The molecule has 0 radical (unpaired) electrons. The van der Waals surface area contributed by atoms with Crippen LogP contribution in [0.25, 0.3) is 11.1 Å². The zero-order chi connectivity index (χ0) is 12.3. The van der Waals surface area contributed by atoms with E-state index in [0.717, 1.165) is 0 Å². The van der Waals surface area contributed by atoms with Crippen LogP contribution in [0.1, 0.15) is 24.1 Å². The van der Waals surface area contributed by atoms with Crippen LogP contribution < -0.4 is 5.32 Å². The molecule has 0 aliphatic carbocycles. The predicted molar refractivity (Wildman–Crippen MR) is 71.9 cm³/mol. The van der Waals surface area contributed by atoms with Crippen LogP contribution in [0.15, 0.2) is 42.7 Å². The van der Waals surface area contributed by atoms with E-state index < -0.39 is 0 Å². The highest BCUT2D eigenvalue weighted by molar-refractivity contribution is 5.67. The van der Waals surface area contributed by atoms with Crippen LogP contribution in [-0.4, -0.2) is 12.0 Å². The summed E-state index contributed by atoms with van der Waals surface area (Å²) in [6, 6.07) is 11.0. The fourth-order valence-electron chi connectivity index (χ4n) is 2.00. The quantitative estimate of drug-likeness (QED) is 0.868. The van der Waals surface area contributed by atoms with E-state index in [4.69, 9.17) is 0 Å². The van der Waals surface area contributed by atoms with Gasteiger partial charge in [0.2, 0.25) is 0 Å². The van der Waals surface area contributed by atoms with Crippen molar-refractivity contribution in [1.82, 2.24) is 10.3 Å². The Kier molecular flexibility index (Phi) is 3.55. The summed E-state index contributed by atoms with van der Waals surface area (Å²) < 4.78 is 0. The number of rotatable bonds is 3. The molecule has 1 aromatic heterocycles. The van der Waals surface area contributed by atoms with E-state index in [9.17, 15) is 0 Å². The van der Waals surface area contributed by atoms with Gasteiger partial charge >= 0.3 is 0 Å². The second-order valence-electron chi connectivity index (χ2n) is 4.35. The average molecular weight is 226 g/mol. The predicted octanol–water partition coefficient (Wildman–Crippen LogP) is 3.34. The molecule has 0 aliphatic heterocycles. The standard InChI is InChI=1S/C15H18N2/c1-11-8-13(10-17-9-11)15-7-5-4-6-14(15)12(2)16-3/h4-10,12,16H,1-3H3. The lowest BCUT2D eigenvalue weighted by molar-refractivity contribution is 0.654. The Bertz CT molecular complexity index is 506. The fourth-order valence-corrected chi connectivity index (χ4v) is 2.00. The maximum atomic E-state index is 4.27. The maximum Gasteiger partial charge on any atom is 0.0346 e. The lowest BCUT2D eigenvalue weighted by Gasteiger charge is -2.16. The number of benzene rings is 1. The Morgan fingerprint density at radius 3 is 2.65 bits per heavy atom. The summed E-state index contributed by atoms with van der Waals surface area (Å²) in [6.45, 7) is 4.24. The largest absolute Gasteiger partial charge is 0.313 e. The molecule has 0 fully saturated rings. The van der Waals surface area contributed by atoms with E-state index in [1.807, 2.05) is 19.4 Å². The minimum atomic E-state index is 0.340. The summed E-state index contributed by atoms with van der Waals surface area (Å²) in [6.07, 6.45) is 3.81. The van der Waals surface area contributed by atoms with Gasteiger partial charge in [-0.25, -0.2) is 0 Å². The minimum Gasteiger partial charge on any atom is -0.313 e. The summed E-state index contributed by atoms with van der Waals surface area (Å²) >= 11 is 0. The summed E-state index contributed by atoms with van der Waals surface area (Å²) in [5, 5.41) is 3.29. The minimum absolute atomic E-state index is 0.340. The number of hydrogen-bond acceptors (Lipinski definition) is 2. The van der Waals surface area contributed by atoms with Gasteiger partial charge in [-0.3, -0.25) is 4.98 Å².